The second kappa shape index (κ2) is 7.44. The highest BCUT2D eigenvalue weighted by Gasteiger charge is 2.25. The fraction of sp³-hybridized carbons (Fsp3) is 0.412. The number of aryl methyl sites for hydroxylation is 1. The molecule has 1 aliphatic heterocycles. The molecule has 5 nitrogen and oxygen atoms in total. The predicted octanol–water partition coefficient (Wildman–Crippen LogP) is 2.32. The number of hydrogen-bond acceptors (Lipinski definition) is 3. The highest BCUT2D eigenvalue weighted by Crippen LogP contribution is 2.18. The molecule has 2 heterocycles. The van der Waals surface area contributed by atoms with Crippen molar-refractivity contribution in [2.75, 3.05) is 32.7 Å². The van der Waals surface area contributed by atoms with E-state index in [0.29, 0.717) is 18.8 Å². The maximum atomic E-state index is 12.9. The van der Waals surface area contributed by atoms with Gasteiger partial charge in [-0.3, -0.25) is 14.4 Å². The largest absolute Gasteiger partial charge is 0.335 e. The van der Waals surface area contributed by atoms with E-state index >= 15 is 0 Å². The molecule has 0 atom stereocenters. The molecule has 0 spiro atoms. The minimum atomic E-state index is -0.202. The first kappa shape index (κ1) is 17.1. The number of rotatable bonds is 4. The van der Waals surface area contributed by atoms with Crippen LogP contribution in [0.3, 0.4) is 0 Å². The van der Waals surface area contributed by atoms with Gasteiger partial charge in [-0.05, 0) is 40.0 Å². The van der Waals surface area contributed by atoms with E-state index in [1.807, 2.05) is 17.0 Å². The number of piperazine rings is 1. The lowest BCUT2D eigenvalue weighted by molar-refractivity contribution is 0.0627. The Balaban J connectivity index is 1.50. The molecule has 1 aromatic carbocycles. The zero-order chi connectivity index (χ0) is 17.1. The summed E-state index contributed by atoms with van der Waals surface area (Å²) in [6.45, 7) is 4.04. The van der Waals surface area contributed by atoms with Gasteiger partial charge in [0.15, 0.2) is 0 Å². The van der Waals surface area contributed by atoms with E-state index in [0.717, 1.165) is 36.1 Å². The zero-order valence-corrected chi connectivity index (χ0v) is 15.2. The van der Waals surface area contributed by atoms with Gasteiger partial charge in [-0.2, -0.15) is 5.10 Å². The van der Waals surface area contributed by atoms with Gasteiger partial charge in [-0.25, -0.2) is 4.39 Å². The molecule has 0 unspecified atom stereocenters. The fourth-order valence-corrected chi connectivity index (χ4v) is 3.43. The van der Waals surface area contributed by atoms with Crippen molar-refractivity contribution in [3.8, 4) is 0 Å². The molecule has 0 bridgehead atoms. The Labute approximate surface area is 149 Å². The van der Waals surface area contributed by atoms with Crippen LogP contribution in [0.15, 0.2) is 34.9 Å². The minimum Gasteiger partial charge on any atom is -0.335 e. The van der Waals surface area contributed by atoms with Crippen molar-refractivity contribution >= 4 is 21.8 Å². The highest BCUT2D eigenvalue weighted by molar-refractivity contribution is 9.10. The molecule has 1 fully saturated rings. The molecular formula is C17H20BrFN4O. The van der Waals surface area contributed by atoms with Crippen LogP contribution >= 0.6 is 15.9 Å². The van der Waals surface area contributed by atoms with E-state index in [1.54, 1.807) is 17.9 Å². The van der Waals surface area contributed by atoms with Crippen molar-refractivity contribution in [2.24, 2.45) is 7.05 Å². The van der Waals surface area contributed by atoms with Crippen molar-refractivity contribution in [3.63, 3.8) is 0 Å². The first-order chi connectivity index (χ1) is 11.5. The number of carbonyl (C=O) groups is 1. The van der Waals surface area contributed by atoms with Crippen LogP contribution in [0.25, 0.3) is 0 Å². The molecule has 0 aliphatic carbocycles. The molecule has 24 heavy (non-hydrogen) atoms. The monoisotopic (exact) mass is 394 g/mol. The third-order valence-electron chi connectivity index (χ3n) is 4.39. The molecule has 1 aliphatic rings. The number of benzene rings is 1. The summed E-state index contributed by atoms with van der Waals surface area (Å²) in [6.07, 6.45) is 2.54. The van der Waals surface area contributed by atoms with Crippen molar-refractivity contribution < 1.29 is 9.18 Å². The van der Waals surface area contributed by atoms with Gasteiger partial charge >= 0.3 is 0 Å². The number of aromatic nitrogens is 2. The quantitative estimate of drug-likeness (QED) is 0.798. The fourth-order valence-electron chi connectivity index (χ4n) is 2.91. The number of nitrogens with zero attached hydrogens (tertiary/aromatic N) is 4. The predicted molar refractivity (Wildman–Crippen MR) is 93.4 cm³/mol. The molecule has 1 saturated heterocycles. The molecule has 2 aromatic rings. The van der Waals surface area contributed by atoms with Gasteiger partial charge in [0, 0.05) is 39.8 Å². The summed E-state index contributed by atoms with van der Waals surface area (Å²) >= 11 is 3.38. The molecule has 1 amide bonds. The van der Waals surface area contributed by atoms with Gasteiger partial charge in [-0.1, -0.05) is 12.1 Å². The van der Waals surface area contributed by atoms with Gasteiger partial charge in [0.2, 0.25) is 0 Å². The van der Waals surface area contributed by atoms with Crippen LogP contribution in [0.4, 0.5) is 4.39 Å². The van der Waals surface area contributed by atoms with Crippen molar-refractivity contribution in [1.82, 2.24) is 19.6 Å². The molecule has 0 radical (unpaired) electrons. The van der Waals surface area contributed by atoms with Crippen LogP contribution in [0.1, 0.15) is 16.1 Å². The molecule has 0 N–H and O–H groups in total. The van der Waals surface area contributed by atoms with Crippen LogP contribution in [-0.4, -0.2) is 58.2 Å². The smallest absolute Gasteiger partial charge is 0.273 e. The summed E-state index contributed by atoms with van der Waals surface area (Å²) in [5.41, 5.74) is 1.73. The Kier molecular flexibility index (Phi) is 5.30. The van der Waals surface area contributed by atoms with Gasteiger partial charge < -0.3 is 4.90 Å². The second-order valence-electron chi connectivity index (χ2n) is 5.98. The lowest BCUT2D eigenvalue weighted by Crippen LogP contribution is -2.49. The van der Waals surface area contributed by atoms with Crippen molar-refractivity contribution in [1.29, 1.82) is 0 Å². The lowest BCUT2D eigenvalue weighted by Gasteiger charge is -2.34. The van der Waals surface area contributed by atoms with Crippen LogP contribution in [0.2, 0.25) is 0 Å². The Morgan fingerprint density at radius 1 is 1.21 bits per heavy atom. The van der Waals surface area contributed by atoms with E-state index in [1.165, 1.54) is 12.1 Å². The van der Waals surface area contributed by atoms with Crippen molar-refractivity contribution in [3.05, 3.63) is 52.0 Å². The van der Waals surface area contributed by atoms with Gasteiger partial charge in [-0.15, -0.1) is 0 Å². The molecule has 3 rings (SSSR count). The maximum Gasteiger partial charge on any atom is 0.273 e. The Morgan fingerprint density at radius 2 is 1.88 bits per heavy atom. The maximum absolute atomic E-state index is 12.9. The molecule has 1 aromatic heterocycles. The molecule has 7 heteroatoms. The number of carbonyl (C=O) groups excluding carboxylic acids is 1. The van der Waals surface area contributed by atoms with Gasteiger partial charge in [0.25, 0.3) is 5.91 Å². The molecular weight excluding hydrogens is 375 g/mol. The van der Waals surface area contributed by atoms with E-state index in [-0.39, 0.29) is 11.7 Å². The third-order valence-corrected chi connectivity index (χ3v) is 4.97. The van der Waals surface area contributed by atoms with Gasteiger partial charge in [0.05, 0.1) is 10.7 Å². The van der Waals surface area contributed by atoms with Crippen LogP contribution < -0.4 is 0 Å². The van der Waals surface area contributed by atoms with E-state index in [9.17, 15) is 9.18 Å². The third kappa shape index (κ3) is 3.84. The average molecular weight is 395 g/mol. The van der Waals surface area contributed by atoms with Crippen LogP contribution in [0.5, 0.6) is 0 Å². The molecule has 128 valence electrons. The number of halogens is 2. The minimum absolute atomic E-state index is 0.0139. The summed E-state index contributed by atoms with van der Waals surface area (Å²) < 4.78 is 15.3. The second-order valence-corrected chi connectivity index (χ2v) is 6.83. The van der Waals surface area contributed by atoms with E-state index in [2.05, 4.69) is 25.9 Å². The van der Waals surface area contributed by atoms with Crippen molar-refractivity contribution in [2.45, 2.75) is 6.42 Å². The number of hydrogen-bond donors (Lipinski definition) is 0. The summed E-state index contributed by atoms with van der Waals surface area (Å²) in [4.78, 5) is 16.8. The molecule has 0 saturated carbocycles. The lowest BCUT2D eigenvalue weighted by atomic mass is 10.1. The Hall–Kier alpha value is -1.73. The summed E-state index contributed by atoms with van der Waals surface area (Å²) in [5, 5.41) is 4.10. The normalized spacial score (nSPS) is 15.7. The van der Waals surface area contributed by atoms with Crippen LogP contribution in [-0.2, 0) is 13.5 Å². The summed E-state index contributed by atoms with van der Waals surface area (Å²) in [6, 6.07) is 6.65. The first-order valence-corrected chi connectivity index (χ1v) is 8.77. The Morgan fingerprint density at radius 3 is 2.46 bits per heavy atom. The van der Waals surface area contributed by atoms with Gasteiger partial charge in [0.1, 0.15) is 11.5 Å². The first-order valence-electron chi connectivity index (χ1n) is 7.98. The van der Waals surface area contributed by atoms with E-state index < -0.39 is 0 Å². The highest BCUT2D eigenvalue weighted by atomic mass is 79.9. The van der Waals surface area contributed by atoms with E-state index in [4.69, 9.17) is 0 Å². The topological polar surface area (TPSA) is 41.4 Å². The average Bonchev–Trinajstić information content (AvgIpc) is 2.93. The SMILES string of the molecule is Cn1ncc(Br)c1C(=O)N1CCN(CCc2ccc(F)cc2)CC1. The zero-order valence-electron chi connectivity index (χ0n) is 13.6. The summed E-state index contributed by atoms with van der Waals surface area (Å²) in [5.74, 6) is -0.188. The number of amides is 1. The van der Waals surface area contributed by atoms with Crippen LogP contribution in [0, 0.1) is 5.82 Å². The standard InChI is InChI=1S/C17H20BrFN4O/c1-21-16(15(18)12-20-21)17(24)23-10-8-22(9-11-23)7-6-13-2-4-14(19)5-3-13/h2-5,12H,6-11H2,1H3. The summed E-state index contributed by atoms with van der Waals surface area (Å²) in [7, 11) is 1.77. The Bertz CT molecular complexity index is 688.